The van der Waals surface area contributed by atoms with Crippen molar-refractivity contribution in [1.29, 1.82) is 0 Å². The number of nitrogens with two attached hydrogens (primary N) is 1. The summed E-state index contributed by atoms with van der Waals surface area (Å²) in [5, 5.41) is 2.93. The average molecular weight is 349 g/mol. The molecule has 0 aromatic carbocycles. The lowest BCUT2D eigenvalue weighted by molar-refractivity contribution is -0.119. The second-order valence-electron chi connectivity index (χ2n) is 5.34. The fourth-order valence-corrected chi connectivity index (χ4v) is 2.69. The van der Waals surface area contributed by atoms with E-state index in [1.54, 1.807) is 6.20 Å². The molecule has 2 atom stereocenters. The summed E-state index contributed by atoms with van der Waals surface area (Å²) in [5.41, 5.74) is 6.60. The second kappa shape index (κ2) is 9.87. The van der Waals surface area contributed by atoms with E-state index in [0.29, 0.717) is 0 Å². The average Bonchev–Trinajstić information content (AvgIpc) is 2.89. The van der Waals surface area contributed by atoms with Crippen molar-refractivity contribution in [2.24, 2.45) is 11.7 Å². The van der Waals surface area contributed by atoms with Gasteiger partial charge in [0.1, 0.15) is 5.82 Å². The fourth-order valence-electron chi connectivity index (χ4n) is 2.69. The summed E-state index contributed by atoms with van der Waals surface area (Å²) in [6.07, 6.45) is 4.34. The first-order valence-corrected chi connectivity index (χ1v) is 7.41. The Bertz CT molecular complexity index is 451. The third-order valence-electron chi connectivity index (χ3n) is 3.95. The van der Waals surface area contributed by atoms with E-state index in [2.05, 4.69) is 29.0 Å². The van der Waals surface area contributed by atoms with Crippen molar-refractivity contribution in [3.63, 3.8) is 0 Å². The van der Waals surface area contributed by atoms with Gasteiger partial charge in [0.2, 0.25) is 5.91 Å². The number of anilines is 2. The monoisotopic (exact) mass is 348 g/mol. The Hall–Kier alpha value is -1.04. The third kappa shape index (κ3) is 5.30. The van der Waals surface area contributed by atoms with Crippen LogP contribution in [0.2, 0.25) is 0 Å². The highest BCUT2D eigenvalue weighted by atomic mass is 35.5. The Morgan fingerprint density at radius 3 is 2.45 bits per heavy atom. The van der Waals surface area contributed by atoms with Gasteiger partial charge < -0.3 is 16.0 Å². The van der Waals surface area contributed by atoms with Crippen LogP contribution in [0.5, 0.6) is 0 Å². The molecule has 0 spiro atoms. The molecule has 1 heterocycles. The predicted molar refractivity (Wildman–Crippen MR) is 96.2 cm³/mol. The standard InChI is InChI=1S/C15H24N4O.2ClH/c1-3-19(4-2)14-8-7-13(10-17-14)18-15(20)11-5-6-12(16)9-11;;/h7-8,10-12H,3-6,9,16H2,1-2H3,(H,18,20);2*1H. The lowest BCUT2D eigenvalue weighted by Crippen LogP contribution is -2.24. The van der Waals surface area contributed by atoms with E-state index in [1.807, 2.05) is 12.1 Å². The van der Waals surface area contributed by atoms with Gasteiger partial charge in [0.05, 0.1) is 11.9 Å². The van der Waals surface area contributed by atoms with Crippen molar-refractivity contribution in [2.45, 2.75) is 39.2 Å². The fraction of sp³-hybridized carbons (Fsp3) is 0.600. The number of hydrogen-bond donors (Lipinski definition) is 2. The number of rotatable bonds is 5. The number of carbonyl (C=O) groups is 1. The van der Waals surface area contributed by atoms with Crippen LogP contribution in [-0.2, 0) is 4.79 Å². The molecular weight excluding hydrogens is 323 g/mol. The molecule has 2 unspecified atom stereocenters. The maximum absolute atomic E-state index is 12.1. The first kappa shape index (κ1) is 21.0. The van der Waals surface area contributed by atoms with Crippen LogP contribution in [0.4, 0.5) is 11.5 Å². The molecule has 1 saturated carbocycles. The predicted octanol–water partition coefficient (Wildman–Crippen LogP) is 2.84. The Morgan fingerprint density at radius 1 is 1.32 bits per heavy atom. The van der Waals surface area contributed by atoms with Gasteiger partial charge >= 0.3 is 0 Å². The maximum Gasteiger partial charge on any atom is 0.227 e. The van der Waals surface area contributed by atoms with Crippen molar-refractivity contribution in [3.05, 3.63) is 18.3 Å². The van der Waals surface area contributed by atoms with Gasteiger partial charge in [-0.1, -0.05) is 0 Å². The zero-order valence-corrected chi connectivity index (χ0v) is 14.8. The molecule has 3 N–H and O–H groups in total. The lowest BCUT2D eigenvalue weighted by Gasteiger charge is -2.19. The zero-order chi connectivity index (χ0) is 14.5. The van der Waals surface area contributed by atoms with E-state index >= 15 is 0 Å². The van der Waals surface area contributed by atoms with Crippen molar-refractivity contribution in [3.8, 4) is 0 Å². The zero-order valence-electron chi connectivity index (χ0n) is 13.1. The number of carbonyl (C=O) groups excluding carboxylic acids is 1. The molecule has 1 aromatic heterocycles. The summed E-state index contributed by atoms with van der Waals surface area (Å²) in [6, 6.07) is 4.03. The van der Waals surface area contributed by atoms with Crippen molar-refractivity contribution in [2.75, 3.05) is 23.3 Å². The molecular formula is C15H26Cl2N4O. The molecule has 7 heteroatoms. The minimum absolute atomic E-state index is 0. The van der Waals surface area contributed by atoms with Gasteiger partial charge in [0.25, 0.3) is 0 Å². The summed E-state index contributed by atoms with van der Waals surface area (Å²) in [4.78, 5) is 18.7. The Labute approximate surface area is 144 Å². The van der Waals surface area contributed by atoms with Crippen LogP contribution < -0.4 is 16.0 Å². The van der Waals surface area contributed by atoms with Crippen molar-refractivity contribution < 1.29 is 4.79 Å². The largest absolute Gasteiger partial charge is 0.357 e. The molecule has 0 radical (unpaired) electrons. The van der Waals surface area contributed by atoms with Gasteiger partial charge in [-0.25, -0.2) is 4.98 Å². The molecule has 1 aromatic rings. The SMILES string of the molecule is CCN(CC)c1ccc(NC(=O)C2CCC(N)C2)cn1.Cl.Cl. The lowest BCUT2D eigenvalue weighted by atomic mass is 10.1. The molecule has 5 nitrogen and oxygen atoms in total. The number of nitrogens with zero attached hydrogens (tertiary/aromatic N) is 2. The Kier molecular flexibility index (Phi) is 9.41. The van der Waals surface area contributed by atoms with Crippen molar-refractivity contribution >= 4 is 42.2 Å². The molecule has 0 bridgehead atoms. The van der Waals surface area contributed by atoms with Gasteiger partial charge in [0.15, 0.2) is 0 Å². The summed E-state index contributed by atoms with van der Waals surface area (Å²) < 4.78 is 0. The van der Waals surface area contributed by atoms with Crippen LogP contribution in [0.1, 0.15) is 33.1 Å². The highest BCUT2D eigenvalue weighted by Crippen LogP contribution is 2.25. The number of pyridine rings is 1. The van der Waals surface area contributed by atoms with Gasteiger partial charge in [0, 0.05) is 25.0 Å². The molecule has 1 amide bonds. The molecule has 1 fully saturated rings. The number of hydrogen-bond acceptors (Lipinski definition) is 4. The first-order valence-electron chi connectivity index (χ1n) is 7.41. The van der Waals surface area contributed by atoms with Gasteiger partial charge in [-0.2, -0.15) is 0 Å². The number of halogens is 2. The smallest absolute Gasteiger partial charge is 0.227 e. The first-order chi connectivity index (χ1) is 9.63. The summed E-state index contributed by atoms with van der Waals surface area (Å²) in [5.74, 6) is 1.05. The highest BCUT2D eigenvalue weighted by molar-refractivity contribution is 5.92. The van der Waals surface area contributed by atoms with E-state index in [9.17, 15) is 4.79 Å². The maximum atomic E-state index is 12.1. The van der Waals surface area contributed by atoms with Crippen LogP contribution in [0, 0.1) is 5.92 Å². The summed E-state index contributed by atoms with van der Waals surface area (Å²) >= 11 is 0. The van der Waals surface area contributed by atoms with Crippen LogP contribution in [0.3, 0.4) is 0 Å². The number of amides is 1. The van der Waals surface area contributed by atoms with E-state index in [-0.39, 0.29) is 42.7 Å². The minimum Gasteiger partial charge on any atom is -0.357 e. The normalized spacial score (nSPS) is 19.8. The van der Waals surface area contributed by atoms with Crippen molar-refractivity contribution in [1.82, 2.24) is 4.98 Å². The Balaban J connectivity index is 0.00000220. The van der Waals surface area contributed by atoms with Gasteiger partial charge in [-0.15, -0.1) is 24.8 Å². The molecule has 22 heavy (non-hydrogen) atoms. The molecule has 2 rings (SSSR count). The van der Waals surface area contributed by atoms with Gasteiger partial charge in [-0.3, -0.25) is 4.79 Å². The second-order valence-corrected chi connectivity index (χ2v) is 5.34. The van der Waals surface area contributed by atoms with Crippen LogP contribution in [-0.4, -0.2) is 30.0 Å². The molecule has 0 aliphatic heterocycles. The highest BCUT2D eigenvalue weighted by Gasteiger charge is 2.27. The van der Waals surface area contributed by atoms with Gasteiger partial charge in [-0.05, 0) is 45.2 Å². The molecule has 126 valence electrons. The third-order valence-corrected chi connectivity index (χ3v) is 3.95. The van der Waals surface area contributed by atoms with E-state index < -0.39 is 0 Å². The molecule has 0 saturated heterocycles. The van der Waals surface area contributed by atoms with Crippen LogP contribution >= 0.6 is 24.8 Å². The topological polar surface area (TPSA) is 71.2 Å². The Morgan fingerprint density at radius 2 is 2.00 bits per heavy atom. The van der Waals surface area contributed by atoms with E-state index in [4.69, 9.17) is 5.73 Å². The molecule has 1 aliphatic rings. The minimum atomic E-state index is 0. The van der Waals surface area contributed by atoms with E-state index in [0.717, 1.165) is 43.9 Å². The number of aromatic nitrogens is 1. The summed E-state index contributed by atoms with van der Waals surface area (Å²) in [6.45, 7) is 6.05. The van der Waals surface area contributed by atoms with Crippen LogP contribution in [0.15, 0.2) is 18.3 Å². The van der Waals surface area contributed by atoms with E-state index in [1.165, 1.54) is 0 Å². The molecule has 1 aliphatic carbocycles. The van der Waals surface area contributed by atoms with Crippen LogP contribution in [0.25, 0.3) is 0 Å². The summed E-state index contributed by atoms with van der Waals surface area (Å²) in [7, 11) is 0. The number of nitrogens with one attached hydrogen (secondary N) is 1. The quantitative estimate of drug-likeness (QED) is 0.858.